The van der Waals surface area contributed by atoms with Gasteiger partial charge in [0, 0.05) is 49.5 Å². The first kappa shape index (κ1) is 24.4. The van der Waals surface area contributed by atoms with E-state index < -0.39 is 0 Å². The zero-order valence-corrected chi connectivity index (χ0v) is 19.3. The average molecular weight is 429 g/mol. The summed E-state index contributed by atoms with van der Waals surface area (Å²) in [5.41, 5.74) is 0.940. The third-order valence-corrected chi connectivity index (χ3v) is 5.35. The number of amides is 2. The molecule has 0 spiro atoms. The number of hydrogen-bond donors (Lipinski definition) is 4. The SMILES string of the molecule is CN=C(NC)NC1CCCC(C)(NC(=O)c2ccc(NC(=O)/C=C/CN(C)C)cc2)C1. The molecular formula is C23H36N6O2. The Morgan fingerprint density at radius 3 is 2.58 bits per heavy atom. The zero-order chi connectivity index (χ0) is 22.9. The first-order chi connectivity index (χ1) is 14.7. The summed E-state index contributed by atoms with van der Waals surface area (Å²) in [6, 6.07) is 7.22. The maximum absolute atomic E-state index is 12.8. The minimum absolute atomic E-state index is 0.107. The first-order valence-corrected chi connectivity index (χ1v) is 10.7. The second-order valence-electron chi connectivity index (χ2n) is 8.51. The third-order valence-electron chi connectivity index (χ3n) is 5.35. The van der Waals surface area contributed by atoms with Crippen LogP contribution in [0.2, 0.25) is 0 Å². The van der Waals surface area contributed by atoms with Crippen LogP contribution in [0.5, 0.6) is 0 Å². The van der Waals surface area contributed by atoms with Gasteiger partial charge in [-0.1, -0.05) is 6.08 Å². The molecular weight excluding hydrogens is 392 g/mol. The van der Waals surface area contributed by atoms with Crippen molar-refractivity contribution < 1.29 is 9.59 Å². The van der Waals surface area contributed by atoms with Gasteiger partial charge in [-0.3, -0.25) is 14.6 Å². The third kappa shape index (κ3) is 8.05. The highest BCUT2D eigenvalue weighted by atomic mass is 16.2. The van der Waals surface area contributed by atoms with Crippen molar-refractivity contribution in [1.29, 1.82) is 0 Å². The summed E-state index contributed by atoms with van der Waals surface area (Å²) in [6.07, 6.45) is 7.15. The van der Waals surface area contributed by atoms with E-state index in [-0.39, 0.29) is 23.4 Å². The van der Waals surface area contributed by atoms with Crippen molar-refractivity contribution in [1.82, 2.24) is 20.9 Å². The molecule has 31 heavy (non-hydrogen) atoms. The highest BCUT2D eigenvalue weighted by Crippen LogP contribution is 2.28. The molecule has 0 aromatic heterocycles. The van der Waals surface area contributed by atoms with Gasteiger partial charge in [0.1, 0.15) is 0 Å². The quantitative estimate of drug-likeness (QED) is 0.302. The van der Waals surface area contributed by atoms with Gasteiger partial charge < -0.3 is 26.2 Å². The summed E-state index contributed by atoms with van der Waals surface area (Å²) in [7, 11) is 7.46. The molecule has 0 saturated heterocycles. The molecule has 170 valence electrons. The minimum Gasteiger partial charge on any atom is -0.359 e. The van der Waals surface area contributed by atoms with Crippen molar-refractivity contribution in [2.24, 2.45) is 4.99 Å². The van der Waals surface area contributed by atoms with Crippen LogP contribution in [0.1, 0.15) is 43.0 Å². The molecule has 0 heterocycles. The molecule has 0 aliphatic heterocycles. The number of anilines is 1. The Morgan fingerprint density at radius 2 is 1.97 bits per heavy atom. The van der Waals surface area contributed by atoms with E-state index in [1.165, 1.54) is 6.08 Å². The van der Waals surface area contributed by atoms with Gasteiger partial charge in [-0.25, -0.2) is 0 Å². The lowest BCUT2D eigenvalue weighted by Crippen LogP contribution is -2.54. The highest BCUT2D eigenvalue weighted by molar-refractivity contribution is 6.00. The Labute approximate surface area is 185 Å². The van der Waals surface area contributed by atoms with Crippen LogP contribution in [0.15, 0.2) is 41.4 Å². The number of nitrogens with one attached hydrogen (secondary N) is 4. The van der Waals surface area contributed by atoms with Crippen molar-refractivity contribution in [2.45, 2.75) is 44.2 Å². The number of nitrogens with zero attached hydrogens (tertiary/aromatic N) is 2. The van der Waals surface area contributed by atoms with Gasteiger partial charge in [0.05, 0.1) is 0 Å². The van der Waals surface area contributed by atoms with Crippen molar-refractivity contribution >= 4 is 23.5 Å². The number of carbonyl (C=O) groups excluding carboxylic acids is 2. The molecule has 2 unspecified atom stereocenters. The van der Waals surface area contributed by atoms with Crippen LogP contribution >= 0.6 is 0 Å². The predicted octanol–water partition coefficient (Wildman–Crippen LogP) is 1.97. The molecule has 1 fully saturated rings. The van der Waals surface area contributed by atoms with Gasteiger partial charge in [0.2, 0.25) is 5.91 Å². The van der Waals surface area contributed by atoms with Crippen molar-refractivity contribution in [2.75, 3.05) is 40.1 Å². The predicted molar refractivity (Wildman–Crippen MR) is 126 cm³/mol. The number of guanidine groups is 1. The number of hydrogen-bond acceptors (Lipinski definition) is 4. The van der Waals surface area contributed by atoms with Crippen LogP contribution in [0, 0.1) is 0 Å². The second kappa shape index (κ2) is 11.5. The molecule has 2 atom stereocenters. The van der Waals surface area contributed by atoms with Gasteiger partial charge >= 0.3 is 0 Å². The van der Waals surface area contributed by atoms with E-state index in [0.717, 1.165) is 31.6 Å². The van der Waals surface area contributed by atoms with Gasteiger partial charge in [-0.15, -0.1) is 0 Å². The fourth-order valence-electron chi connectivity index (χ4n) is 3.77. The van der Waals surface area contributed by atoms with E-state index in [1.807, 2.05) is 26.0 Å². The minimum atomic E-state index is -0.288. The lowest BCUT2D eigenvalue weighted by Gasteiger charge is -2.39. The van der Waals surface area contributed by atoms with Crippen LogP contribution in [-0.4, -0.2) is 69.0 Å². The summed E-state index contributed by atoms with van der Waals surface area (Å²) in [5, 5.41) is 12.5. The zero-order valence-electron chi connectivity index (χ0n) is 19.3. The molecule has 2 rings (SSSR count). The fraction of sp³-hybridized carbons (Fsp3) is 0.522. The normalized spacial score (nSPS) is 21.7. The average Bonchev–Trinajstić information content (AvgIpc) is 2.72. The maximum atomic E-state index is 12.8. The number of benzene rings is 1. The molecule has 1 aromatic rings. The van der Waals surface area contributed by atoms with E-state index in [2.05, 4.69) is 33.2 Å². The standard InChI is InChI=1S/C23H36N6O2/c1-23(14-6-8-19(16-23)27-22(24-2)25-3)28-21(31)17-10-12-18(13-11-17)26-20(30)9-7-15-29(4)5/h7,9-13,19H,6,8,14-16H2,1-5H3,(H,26,30)(H,28,31)(H2,24,25,27)/b9-7+. The maximum Gasteiger partial charge on any atom is 0.251 e. The van der Waals surface area contributed by atoms with E-state index in [0.29, 0.717) is 17.8 Å². The Kier molecular flexibility index (Phi) is 9.05. The van der Waals surface area contributed by atoms with Gasteiger partial charge in [-0.2, -0.15) is 0 Å². The summed E-state index contributed by atoms with van der Waals surface area (Å²) >= 11 is 0. The van der Waals surface area contributed by atoms with Crippen molar-refractivity contribution in [3.8, 4) is 0 Å². The van der Waals surface area contributed by atoms with E-state index in [9.17, 15) is 9.59 Å². The summed E-state index contributed by atoms with van der Waals surface area (Å²) < 4.78 is 0. The summed E-state index contributed by atoms with van der Waals surface area (Å²) in [4.78, 5) is 30.9. The van der Waals surface area contributed by atoms with Gasteiger partial charge in [0.25, 0.3) is 5.91 Å². The molecule has 1 aliphatic carbocycles. The fourth-order valence-corrected chi connectivity index (χ4v) is 3.77. The Morgan fingerprint density at radius 1 is 1.26 bits per heavy atom. The Bertz CT molecular complexity index is 803. The lowest BCUT2D eigenvalue weighted by molar-refractivity contribution is -0.111. The number of likely N-dealkylation sites (N-methyl/N-ethyl adjacent to an activating group) is 1. The number of rotatable bonds is 7. The second-order valence-corrected chi connectivity index (χ2v) is 8.51. The molecule has 2 amide bonds. The van der Waals surface area contributed by atoms with Gasteiger partial charge in [-0.05, 0) is 71.0 Å². The molecule has 0 bridgehead atoms. The Hall–Kier alpha value is -2.87. The number of carbonyl (C=O) groups is 2. The van der Waals surface area contributed by atoms with Crippen molar-refractivity contribution in [3.63, 3.8) is 0 Å². The molecule has 1 aromatic carbocycles. The van der Waals surface area contributed by atoms with Crippen LogP contribution in [-0.2, 0) is 4.79 Å². The van der Waals surface area contributed by atoms with Crippen LogP contribution in [0.4, 0.5) is 5.69 Å². The van der Waals surface area contributed by atoms with E-state index in [4.69, 9.17) is 0 Å². The molecule has 8 heteroatoms. The number of aliphatic imine (C=N–C) groups is 1. The monoisotopic (exact) mass is 428 g/mol. The molecule has 4 N–H and O–H groups in total. The first-order valence-electron chi connectivity index (χ1n) is 10.7. The van der Waals surface area contributed by atoms with Crippen LogP contribution < -0.4 is 21.3 Å². The van der Waals surface area contributed by atoms with E-state index >= 15 is 0 Å². The largest absolute Gasteiger partial charge is 0.359 e. The summed E-state index contributed by atoms with van der Waals surface area (Å²) in [6.45, 7) is 2.79. The molecule has 1 saturated carbocycles. The van der Waals surface area contributed by atoms with Crippen LogP contribution in [0.3, 0.4) is 0 Å². The topological polar surface area (TPSA) is 97.9 Å². The summed E-state index contributed by atoms with van der Waals surface area (Å²) in [5.74, 6) is 0.462. The van der Waals surface area contributed by atoms with Crippen molar-refractivity contribution in [3.05, 3.63) is 42.0 Å². The molecule has 8 nitrogen and oxygen atoms in total. The highest BCUT2D eigenvalue weighted by Gasteiger charge is 2.34. The van der Waals surface area contributed by atoms with Crippen LogP contribution in [0.25, 0.3) is 0 Å². The Balaban J connectivity index is 1.92. The lowest BCUT2D eigenvalue weighted by atomic mass is 9.80. The van der Waals surface area contributed by atoms with Gasteiger partial charge in [0.15, 0.2) is 5.96 Å². The van der Waals surface area contributed by atoms with E-state index in [1.54, 1.807) is 37.4 Å². The molecule has 1 aliphatic rings. The molecule has 0 radical (unpaired) electrons. The smallest absolute Gasteiger partial charge is 0.251 e.